The van der Waals surface area contributed by atoms with Gasteiger partial charge >= 0.3 is 0 Å². The SMILES string of the molecule is NC(C1=COCCC1)c1cncc(Br)c1. The van der Waals surface area contributed by atoms with E-state index in [4.69, 9.17) is 10.5 Å². The van der Waals surface area contributed by atoms with Crippen molar-refractivity contribution in [3.8, 4) is 0 Å². The largest absolute Gasteiger partial charge is 0.501 e. The van der Waals surface area contributed by atoms with Crippen molar-refractivity contribution in [3.05, 3.63) is 40.3 Å². The van der Waals surface area contributed by atoms with Gasteiger partial charge in [-0.1, -0.05) is 0 Å². The number of nitrogens with two attached hydrogens (primary N) is 1. The second kappa shape index (κ2) is 4.77. The number of hydrogen-bond acceptors (Lipinski definition) is 3. The summed E-state index contributed by atoms with van der Waals surface area (Å²) < 4.78 is 6.23. The molecule has 1 aliphatic heterocycles. The Labute approximate surface area is 97.5 Å². The fraction of sp³-hybridized carbons (Fsp3) is 0.364. The van der Waals surface area contributed by atoms with Crippen LogP contribution in [0.5, 0.6) is 0 Å². The third-order valence-corrected chi connectivity index (χ3v) is 2.88. The van der Waals surface area contributed by atoms with Crippen LogP contribution >= 0.6 is 15.9 Å². The lowest BCUT2D eigenvalue weighted by Crippen LogP contribution is -2.16. The van der Waals surface area contributed by atoms with Gasteiger partial charge in [0.1, 0.15) is 0 Å². The fourth-order valence-corrected chi connectivity index (χ4v) is 2.01. The van der Waals surface area contributed by atoms with Gasteiger partial charge in [0.15, 0.2) is 0 Å². The van der Waals surface area contributed by atoms with Crippen LogP contribution < -0.4 is 5.73 Å². The van der Waals surface area contributed by atoms with E-state index in [-0.39, 0.29) is 6.04 Å². The zero-order valence-corrected chi connectivity index (χ0v) is 9.90. The van der Waals surface area contributed by atoms with Crippen LogP contribution in [0.2, 0.25) is 0 Å². The van der Waals surface area contributed by atoms with Crippen molar-refractivity contribution in [3.63, 3.8) is 0 Å². The Morgan fingerprint density at radius 3 is 3.00 bits per heavy atom. The van der Waals surface area contributed by atoms with Crippen molar-refractivity contribution < 1.29 is 4.74 Å². The van der Waals surface area contributed by atoms with Crippen molar-refractivity contribution >= 4 is 15.9 Å². The molecule has 0 spiro atoms. The zero-order valence-electron chi connectivity index (χ0n) is 8.32. The van der Waals surface area contributed by atoms with Gasteiger partial charge in [0.2, 0.25) is 0 Å². The molecule has 0 amide bonds. The molecule has 1 aromatic heterocycles. The monoisotopic (exact) mass is 268 g/mol. The van der Waals surface area contributed by atoms with Crippen LogP contribution in [-0.4, -0.2) is 11.6 Å². The smallest absolute Gasteiger partial charge is 0.0876 e. The van der Waals surface area contributed by atoms with Crippen molar-refractivity contribution in [1.82, 2.24) is 4.98 Å². The zero-order chi connectivity index (χ0) is 10.7. The molecule has 80 valence electrons. The second-order valence-electron chi connectivity index (χ2n) is 3.58. The third-order valence-electron chi connectivity index (χ3n) is 2.45. The molecule has 0 bridgehead atoms. The predicted octanol–water partition coefficient (Wildman–Crippen LogP) is 2.54. The molecule has 0 aromatic carbocycles. The number of ether oxygens (including phenoxy) is 1. The molecule has 0 saturated carbocycles. The summed E-state index contributed by atoms with van der Waals surface area (Å²) in [6.07, 6.45) is 7.39. The molecule has 2 rings (SSSR count). The van der Waals surface area contributed by atoms with Crippen LogP contribution in [0.3, 0.4) is 0 Å². The minimum atomic E-state index is -0.102. The first kappa shape index (κ1) is 10.6. The minimum Gasteiger partial charge on any atom is -0.501 e. The van der Waals surface area contributed by atoms with Crippen molar-refractivity contribution in [2.24, 2.45) is 5.73 Å². The van der Waals surface area contributed by atoms with Gasteiger partial charge in [0.25, 0.3) is 0 Å². The summed E-state index contributed by atoms with van der Waals surface area (Å²) >= 11 is 3.39. The van der Waals surface area contributed by atoms with Crippen molar-refractivity contribution in [2.45, 2.75) is 18.9 Å². The molecule has 2 N–H and O–H groups in total. The molecule has 1 atom stereocenters. The third kappa shape index (κ3) is 2.58. The van der Waals surface area contributed by atoms with Crippen molar-refractivity contribution in [2.75, 3.05) is 6.61 Å². The number of rotatable bonds is 2. The number of pyridine rings is 1. The molecule has 1 aromatic rings. The summed E-state index contributed by atoms with van der Waals surface area (Å²) in [6, 6.07) is 1.89. The molecule has 3 nitrogen and oxygen atoms in total. The number of hydrogen-bond donors (Lipinski definition) is 1. The average molecular weight is 269 g/mol. The Morgan fingerprint density at radius 2 is 2.33 bits per heavy atom. The minimum absolute atomic E-state index is 0.102. The predicted molar refractivity (Wildman–Crippen MR) is 62.1 cm³/mol. The van der Waals surface area contributed by atoms with Gasteiger partial charge in [-0.3, -0.25) is 4.98 Å². The molecular formula is C11H13BrN2O. The lowest BCUT2D eigenvalue weighted by Gasteiger charge is -2.19. The van der Waals surface area contributed by atoms with Gasteiger partial charge < -0.3 is 10.5 Å². The summed E-state index contributed by atoms with van der Waals surface area (Å²) in [5.74, 6) is 0. The van der Waals surface area contributed by atoms with E-state index in [2.05, 4.69) is 20.9 Å². The Hall–Kier alpha value is -0.870. The normalized spacial score (nSPS) is 17.9. The summed E-state index contributed by atoms with van der Waals surface area (Å²) in [6.45, 7) is 0.799. The molecule has 4 heteroatoms. The van der Waals surface area contributed by atoms with Gasteiger partial charge in [-0.15, -0.1) is 0 Å². The van der Waals surface area contributed by atoms with Gasteiger partial charge in [-0.2, -0.15) is 0 Å². The molecule has 1 unspecified atom stereocenters. The van der Waals surface area contributed by atoms with Crippen molar-refractivity contribution in [1.29, 1.82) is 0 Å². The first-order chi connectivity index (χ1) is 7.27. The summed E-state index contributed by atoms with van der Waals surface area (Å²) in [7, 11) is 0. The van der Waals surface area contributed by atoms with Crippen LogP contribution in [0.25, 0.3) is 0 Å². The van der Waals surface area contributed by atoms with E-state index >= 15 is 0 Å². The molecular weight excluding hydrogens is 256 g/mol. The first-order valence-corrected chi connectivity index (χ1v) is 5.73. The molecule has 15 heavy (non-hydrogen) atoms. The Bertz CT molecular complexity index is 379. The van der Waals surface area contributed by atoms with E-state index in [9.17, 15) is 0 Å². The summed E-state index contributed by atoms with van der Waals surface area (Å²) in [5, 5.41) is 0. The first-order valence-electron chi connectivity index (χ1n) is 4.94. The van der Waals surface area contributed by atoms with E-state index in [1.807, 2.05) is 6.07 Å². The topological polar surface area (TPSA) is 48.1 Å². The molecule has 1 aliphatic rings. The van der Waals surface area contributed by atoms with Crippen LogP contribution in [0.1, 0.15) is 24.4 Å². The van der Waals surface area contributed by atoms with E-state index in [0.29, 0.717) is 0 Å². The summed E-state index contributed by atoms with van der Waals surface area (Å²) in [4.78, 5) is 4.11. The number of aromatic nitrogens is 1. The Morgan fingerprint density at radius 1 is 1.47 bits per heavy atom. The quantitative estimate of drug-likeness (QED) is 0.897. The lowest BCUT2D eigenvalue weighted by molar-refractivity contribution is 0.221. The van der Waals surface area contributed by atoms with E-state index in [1.54, 1.807) is 18.7 Å². The highest BCUT2D eigenvalue weighted by molar-refractivity contribution is 9.10. The van der Waals surface area contributed by atoms with E-state index < -0.39 is 0 Å². The van der Waals surface area contributed by atoms with E-state index in [1.165, 1.54) is 0 Å². The maximum Gasteiger partial charge on any atom is 0.0876 e. The highest BCUT2D eigenvalue weighted by Crippen LogP contribution is 2.26. The van der Waals surface area contributed by atoms with E-state index in [0.717, 1.165) is 35.1 Å². The van der Waals surface area contributed by atoms with Crippen LogP contribution in [0.4, 0.5) is 0 Å². The standard InChI is InChI=1S/C11H13BrN2O/c12-10-4-9(5-14-6-10)11(13)8-2-1-3-15-7-8/h4-7,11H,1-3,13H2. The number of halogens is 1. The molecule has 0 saturated heterocycles. The average Bonchev–Trinajstić information content (AvgIpc) is 2.29. The van der Waals surface area contributed by atoms with Gasteiger partial charge in [0, 0.05) is 16.9 Å². The number of nitrogens with zero attached hydrogens (tertiary/aromatic N) is 1. The highest BCUT2D eigenvalue weighted by atomic mass is 79.9. The van der Waals surface area contributed by atoms with Crippen LogP contribution in [-0.2, 0) is 4.74 Å². The fourth-order valence-electron chi connectivity index (χ4n) is 1.63. The highest BCUT2D eigenvalue weighted by Gasteiger charge is 2.15. The molecule has 0 aliphatic carbocycles. The summed E-state index contributed by atoms with van der Waals surface area (Å²) in [5.41, 5.74) is 8.28. The second-order valence-corrected chi connectivity index (χ2v) is 4.50. The maximum atomic E-state index is 6.13. The van der Waals surface area contributed by atoms with Gasteiger partial charge in [-0.25, -0.2) is 0 Å². The lowest BCUT2D eigenvalue weighted by atomic mass is 9.97. The van der Waals surface area contributed by atoms with Crippen LogP contribution in [0, 0.1) is 0 Å². The van der Waals surface area contributed by atoms with Gasteiger partial charge in [0.05, 0.1) is 18.9 Å². The molecule has 0 radical (unpaired) electrons. The Kier molecular flexibility index (Phi) is 3.38. The van der Waals surface area contributed by atoms with Gasteiger partial charge in [-0.05, 0) is 46.0 Å². The Balaban J connectivity index is 2.19. The van der Waals surface area contributed by atoms with Crippen LogP contribution in [0.15, 0.2) is 34.8 Å². The molecule has 0 fully saturated rings. The molecule has 2 heterocycles. The maximum absolute atomic E-state index is 6.13.